The number of hydrogen-bond donors (Lipinski definition) is 2. The summed E-state index contributed by atoms with van der Waals surface area (Å²) >= 11 is 0. The maximum absolute atomic E-state index is 5.92. The van der Waals surface area contributed by atoms with E-state index in [1.807, 2.05) is 30.3 Å². The predicted molar refractivity (Wildman–Crippen MR) is 95.9 cm³/mol. The maximum atomic E-state index is 5.92. The highest BCUT2D eigenvalue weighted by atomic mass is 16.5. The fourth-order valence-corrected chi connectivity index (χ4v) is 2.33. The van der Waals surface area contributed by atoms with Crippen LogP contribution in [-0.2, 0) is 13.0 Å². The Hall–Kier alpha value is -2.56. The highest BCUT2D eigenvalue weighted by Gasteiger charge is 2.22. The summed E-state index contributed by atoms with van der Waals surface area (Å²) in [7, 11) is 0. The molecule has 0 amide bonds. The van der Waals surface area contributed by atoms with Gasteiger partial charge in [0.15, 0.2) is 5.96 Å². The van der Waals surface area contributed by atoms with E-state index < -0.39 is 0 Å². The van der Waals surface area contributed by atoms with Crippen LogP contribution in [0.1, 0.15) is 24.0 Å². The molecule has 0 unspecified atom stereocenters. The van der Waals surface area contributed by atoms with Gasteiger partial charge in [-0.3, -0.25) is 0 Å². The van der Waals surface area contributed by atoms with E-state index in [9.17, 15) is 0 Å². The molecule has 0 atom stereocenters. The molecule has 1 aliphatic rings. The van der Waals surface area contributed by atoms with Gasteiger partial charge in [0.2, 0.25) is 5.88 Å². The number of nitrogens with zero attached hydrogens (tertiary/aromatic N) is 2. The minimum Gasteiger partial charge on any atom is -0.477 e. The van der Waals surface area contributed by atoms with Crippen LogP contribution in [0.15, 0.2) is 53.7 Å². The van der Waals surface area contributed by atoms with E-state index in [1.54, 1.807) is 6.20 Å². The van der Waals surface area contributed by atoms with Crippen LogP contribution >= 0.6 is 0 Å². The first-order valence-electron chi connectivity index (χ1n) is 8.45. The lowest BCUT2D eigenvalue weighted by Gasteiger charge is -2.07. The molecule has 126 valence electrons. The van der Waals surface area contributed by atoms with Crippen molar-refractivity contribution in [2.75, 3.05) is 13.2 Å². The Balaban J connectivity index is 1.42. The Morgan fingerprint density at radius 2 is 2.04 bits per heavy atom. The molecule has 3 rings (SSSR count). The number of pyridine rings is 1. The van der Waals surface area contributed by atoms with E-state index in [4.69, 9.17) is 10.5 Å². The average Bonchev–Trinajstić information content (AvgIpc) is 3.44. The number of rotatable bonds is 8. The second-order valence-electron chi connectivity index (χ2n) is 6.12. The number of benzene rings is 1. The number of aliphatic imine (C=N–C) groups is 1. The first-order chi connectivity index (χ1) is 11.8. The van der Waals surface area contributed by atoms with Gasteiger partial charge in [-0.15, -0.1) is 0 Å². The van der Waals surface area contributed by atoms with Crippen molar-refractivity contribution in [2.24, 2.45) is 16.6 Å². The van der Waals surface area contributed by atoms with Crippen molar-refractivity contribution in [3.8, 4) is 5.88 Å². The molecule has 0 bridgehead atoms. The minimum absolute atomic E-state index is 0.461. The SMILES string of the molecule is NC(=NCc1ccnc(OCC2CC2)c1)NCCc1ccccc1. The number of nitrogens with one attached hydrogen (secondary N) is 1. The first kappa shape index (κ1) is 16.3. The Kier molecular flexibility index (Phi) is 5.66. The van der Waals surface area contributed by atoms with Crippen molar-refractivity contribution in [2.45, 2.75) is 25.8 Å². The molecule has 1 saturated carbocycles. The predicted octanol–water partition coefficient (Wildman–Crippen LogP) is 2.52. The molecule has 0 saturated heterocycles. The molecule has 3 N–H and O–H groups in total. The van der Waals surface area contributed by atoms with Crippen molar-refractivity contribution in [1.29, 1.82) is 0 Å². The number of nitrogens with two attached hydrogens (primary N) is 1. The molecule has 24 heavy (non-hydrogen) atoms. The third kappa shape index (κ3) is 5.57. The molecule has 2 aromatic rings. The van der Waals surface area contributed by atoms with E-state index >= 15 is 0 Å². The van der Waals surface area contributed by atoms with E-state index in [0.29, 0.717) is 18.4 Å². The standard InChI is InChI=1S/C19H24N4O/c20-19(22-11-8-15-4-2-1-3-5-15)23-13-17-9-10-21-18(12-17)24-14-16-6-7-16/h1-5,9-10,12,16H,6-8,11,13-14H2,(H3,20,22,23). The van der Waals surface area contributed by atoms with Crippen LogP contribution in [0.3, 0.4) is 0 Å². The molecule has 1 fully saturated rings. The number of guanidine groups is 1. The molecule has 0 radical (unpaired) electrons. The van der Waals surface area contributed by atoms with Gasteiger partial charge in [0, 0.05) is 18.8 Å². The van der Waals surface area contributed by atoms with Gasteiger partial charge in [-0.25, -0.2) is 9.98 Å². The highest BCUT2D eigenvalue weighted by molar-refractivity contribution is 5.77. The summed E-state index contributed by atoms with van der Waals surface area (Å²) in [4.78, 5) is 8.61. The minimum atomic E-state index is 0.461. The third-order valence-corrected chi connectivity index (χ3v) is 3.96. The Labute approximate surface area is 143 Å². The molecule has 0 aliphatic heterocycles. The summed E-state index contributed by atoms with van der Waals surface area (Å²) in [6.45, 7) is 2.06. The van der Waals surface area contributed by atoms with Crippen LogP contribution in [0.25, 0.3) is 0 Å². The lowest BCUT2D eigenvalue weighted by Crippen LogP contribution is -2.33. The van der Waals surface area contributed by atoms with Gasteiger partial charge in [-0.2, -0.15) is 0 Å². The van der Waals surface area contributed by atoms with Gasteiger partial charge in [0.25, 0.3) is 0 Å². The van der Waals surface area contributed by atoms with Crippen LogP contribution in [0.2, 0.25) is 0 Å². The smallest absolute Gasteiger partial charge is 0.213 e. The number of aromatic nitrogens is 1. The summed E-state index contributed by atoms with van der Waals surface area (Å²) in [6, 6.07) is 14.2. The van der Waals surface area contributed by atoms with E-state index in [0.717, 1.165) is 31.1 Å². The van der Waals surface area contributed by atoms with E-state index in [2.05, 4.69) is 27.4 Å². The molecular formula is C19H24N4O. The lowest BCUT2D eigenvalue weighted by molar-refractivity contribution is 0.288. The van der Waals surface area contributed by atoms with Crippen molar-refractivity contribution in [1.82, 2.24) is 10.3 Å². The summed E-state index contributed by atoms with van der Waals surface area (Å²) in [6.07, 6.45) is 5.22. The molecule has 1 heterocycles. The molecular weight excluding hydrogens is 300 g/mol. The maximum Gasteiger partial charge on any atom is 0.213 e. The summed E-state index contributed by atoms with van der Waals surface area (Å²) in [5.41, 5.74) is 8.25. The van der Waals surface area contributed by atoms with Crippen LogP contribution in [-0.4, -0.2) is 24.1 Å². The van der Waals surface area contributed by atoms with Gasteiger partial charge in [0.1, 0.15) is 0 Å². The quantitative estimate of drug-likeness (QED) is 0.578. The van der Waals surface area contributed by atoms with Crippen molar-refractivity contribution < 1.29 is 4.74 Å². The second kappa shape index (κ2) is 8.34. The van der Waals surface area contributed by atoms with Crippen molar-refractivity contribution in [3.05, 3.63) is 59.8 Å². The van der Waals surface area contributed by atoms with Crippen LogP contribution in [0, 0.1) is 5.92 Å². The Morgan fingerprint density at radius 3 is 2.83 bits per heavy atom. The lowest BCUT2D eigenvalue weighted by atomic mass is 10.1. The molecule has 0 spiro atoms. The van der Waals surface area contributed by atoms with Gasteiger partial charge in [0.05, 0.1) is 13.2 Å². The summed E-state index contributed by atoms with van der Waals surface area (Å²) in [5, 5.41) is 3.15. The van der Waals surface area contributed by atoms with Gasteiger partial charge < -0.3 is 15.8 Å². The highest BCUT2D eigenvalue weighted by Crippen LogP contribution is 2.29. The molecule has 1 aromatic heterocycles. The van der Waals surface area contributed by atoms with Gasteiger partial charge in [-0.1, -0.05) is 30.3 Å². The zero-order valence-electron chi connectivity index (χ0n) is 13.8. The number of ether oxygens (including phenoxy) is 1. The third-order valence-electron chi connectivity index (χ3n) is 3.96. The normalized spacial score (nSPS) is 14.4. The van der Waals surface area contributed by atoms with Crippen LogP contribution in [0.5, 0.6) is 5.88 Å². The molecule has 1 aromatic carbocycles. The fourth-order valence-electron chi connectivity index (χ4n) is 2.33. The summed E-state index contributed by atoms with van der Waals surface area (Å²) < 4.78 is 5.68. The van der Waals surface area contributed by atoms with Crippen molar-refractivity contribution in [3.63, 3.8) is 0 Å². The topological polar surface area (TPSA) is 72.5 Å². The molecule has 1 aliphatic carbocycles. The van der Waals surface area contributed by atoms with E-state index in [-0.39, 0.29) is 0 Å². The Morgan fingerprint density at radius 1 is 1.21 bits per heavy atom. The monoisotopic (exact) mass is 324 g/mol. The fraction of sp³-hybridized carbons (Fsp3) is 0.368. The zero-order chi connectivity index (χ0) is 16.6. The van der Waals surface area contributed by atoms with Gasteiger partial charge in [-0.05, 0) is 42.4 Å². The molecule has 5 nitrogen and oxygen atoms in total. The second-order valence-corrected chi connectivity index (χ2v) is 6.12. The van der Waals surface area contributed by atoms with Crippen molar-refractivity contribution >= 4 is 5.96 Å². The Bertz CT molecular complexity index is 668. The van der Waals surface area contributed by atoms with Crippen LogP contribution in [0.4, 0.5) is 0 Å². The molecule has 5 heteroatoms. The van der Waals surface area contributed by atoms with E-state index in [1.165, 1.54) is 18.4 Å². The number of hydrogen-bond acceptors (Lipinski definition) is 3. The van der Waals surface area contributed by atoms with Crippen LogP contribution < -0.4 is 15.8 Å². The largest absolute Gasteiger partial charge is 0.477 e. The summed E-state index contributed by atoms with van der Waals surface area (Å²) in [5.74, 6) is 1.85. The first-order valence-corrected chi connectivity index (χ1v) is 8.45. The van der Waals surface area contributed by atoms with Gasteiger partial charge >= 0.3 is 0 Å². The average molecular weight is 324 g/mol. The zero-order valence-corrected chi connectivity index (χ0v) is 13.8.